The molecule has 20 heavy (non-hydrogen) atoms. The van der Waals surface area contributed by atoms with Crippen molar-refractivity contribution >= 4 is 27.5 Å². The fraction of sp³-hybridized carbons (Fsp3) is 0.200. The smallest absolute Gasteiger partial charge is 0.137 e. The average Bonchev–Trinajstić information content (AvgIpc) is 2.42. The zero-order valence-electron chi connectivity index (χ0n) is 10.3. The molecule has 0 fully saturated rings. The number of ether oxygens (including phenoxy) is 1. The second-order valence-electron chi connectivity index (χ2n) is 4.71. The maximum atomic E-state index is 13.3. The number of halogens is 3. The van der Waals surface area contributed by atoms with Gasteiger partial charge in [0.15, 0.2) is 0 Å². The van der Waals surface area contributed by atoms with E-state index in [4.69, 9.17) is 16.3 Å². The molecule has 3 rings (SSSR count). The van der Waals surface area contributed by atoms with Gasteiger partial charge in [-0.25, -0.2) is 4.39 Å². The summed E-state index contributed by atoms with van der Waals surface area (Å²) in [5, 5.41) is 10.8. The summed E-state index contributed by atoms with van der Waals surface area (Å²) in [5.74, 6) is 0.288. The first-order chi connectivity index (χ1) is 9.54. The van der Waals surface area contributed by atoms with Crippen molar-refractivity contribution in [3.8, 4) is 5.75 Å². The molecule has 5 heteroatoms. The van der Waals surface area contributed by atoms with Gasteiger partial charge in [-0.05, 0) is 51.8 Å². The molecule has 0 saturated carbocycles. The highest BCUT2D eigenvalue weighted by atomic mass is 79.9. The van der Waals surface area contributed by atoms with Crippen LogP contribution in [0.4, 0.5) is 4.39 Å². The van der Waals surface area contributed by atoms with E-state index in [1.165, 1.54) is 6.07 Å². The first-order valence-corrected chi connectivity index (χ1v) is 7.31. The maximum Gasteiger partial charge on any atom is 0.137 e. The third kappa shape index (κ3) is 2.55. The van der Waals surface area contributed by atoms with Gasteiger partial charge in [0.2, 0.25) is 0 Å². The van der Waals surface area contributed by atoms with Crippen molar-refractivity contribution in [3.63, 3.8) is 0 Å². The minimum absolute atomic E-state index is 0.310. The Morgan fingerprint density at radius 2 is 2.05 bits per heavy atom. The lowest BCUT2D eigenvalue weighted by Crippen LogP contribution is -2.19. The number of aliphatic hydroxyl groups excluding tert-OH is 1. The molecule has 1 aliphatic heterocycles. The Morgan fingerprint density at radius 1 is 1.25 bits per heavy atom. The standard InChI is InChI=1S/C15H11BrClFO2/c16-11-5-8(1-3-12(11)18)15-7-13(19)10-6-9(17)2-4-14(10)20-15/h1-6,13,15,19H,7H2/t13-,15?/m0/s1. The Balaban J connectivity index is 1.94. The molecule has 0 radical (unpaired) electrons. The van der Waals surface area contributed by atoms with Crippen LogP contribution in [0.3, 0.4) is 0 Å². The molecule has 1 heterocycles. The molecule has 0 aliphatic carbocycles. The van der Waals surface area contributed by atoms with E-state index >= 15 is 0 Å². The molecule has 1 N–H and O–H groups in total. The van der Waals surface area contributed by atoms with Gasteiger partial charge in [-0.3, -0.25) is 0 Å². The van der Waals surface area contributed by atoms with E-state index in [0.29, 0.717) is 27.2 Å². The van der Waals surface area contributed by atoms with Gasteiger partial charge in [-0.15, -0.1) is 0 Å². The highest BCUT2D eigenvalue weighted by Crippen LogP contribution is 2.42. The summed E-state index contributed by atoms with van der Waals surface area (Å²) < 4.78 is 19.5. The van der Waals surface area contributed by atoms with Crippen LogP contribution in [0.1, 0.15) is 29.8 Å². The topological polar surface area (TPSA) is 29.5 Å². The van der Waals surface area contributed by atoms with Crippen molar-refractivity contribution in [2.45, 2.75) is 18.6 Å². The van der Waals surface area contributed by atoms with E-state index in [0.717, 1.165) is 5.56 Å². The monoisotopic (exact) mass is 356 g/mol. The number of aliphatic hydroxyl groups is 1. The normalized spacial score (nSPS) is 21.2. The van der Waals surface area contributed by atoms with E-state index in [-0.39, 0.29) is 11.9 Å². The predicted molar refractivity (Wildman–Crippen MR) is 78.5 cm³/mol. The number of hydrogen-bond donors (Lipinski definition) is 1. The first-order valence-electron chi connectivity index (χ1n) is 6.13. The Labute approximate surface area is 129 Å². The van der Waals surface area contributed by atoms with Gasteiger partial charge in [0.1, 0.15) is 17.7 Å². The van der Waals surface area contributed by atoms with Crippen molar-refractivity contribution in [1.29, 1.82) is 0 Å². The van der Waals surface area contributed by atoms with E-state index in [2.05, 4.69) is 15.9 Å². The molecule has 0 amide bonds. The van der Waals surface area contributed by atoms with Gasteiger partial charge in [0.05, 0.1) is 10.6 Å². The molecule has 0 spiro atoms. The van der Waals surface area contributed by atoms with Crippen molar-refractivity contribution in [2.75, 3.05) is 0 Å². The van der Waals surface area contributed by atoms with Crippen LogP contribution in [0.15, 0.2) is 40.9 Å². The molecule has 1 aliphatic rings. The highest BCUT2D eigenvalue weighted by Gasteiger charge is 2.28. The quantitative estimate of drug-likeness (QED) is 0.794. The number of fused-ring (bicyclic) bond motifs is 1. The average molecular weight is 358 g/mol. The van der Waals surface area contributed by atoms with E-state index in [1.54, 1.807) is 30.3 Å². The molecule has 0 bridgehead atoms. The van der Waals surface area contributed by atoms with Gasteiger partial charge >= 0.3 is 0 Å². The Bertz CT molecular complexity index is 662. The van der Waals surface area contributed by atoms with Crippen LogP contribution in [0.5, 0.6) is 5.75 Å². The van der Waals surface area contributed by atoms with Crippen LogP contribution in [0, 0.1) is 5.82 Å². The minimum Gasteiger partial charge on any atom is -0.485 e. The Kier molecular flexibility index (Phi) is 3.71. The van der Waals surface area contributed by atoms with Crippen LogP contribution < -0.4 is 4.74 Å². The summed E-state index contributed by atoms with van der Waals surface area (Å²) in [6.07, 6.45) is -0.548. The number of hydrogen-bond acceptors (Lipinski definition) is 2. The van der Waals surface area contributed by atoms with Crippen molar-refractivity contribution in [2.24, 2.45) is 0 Å². The minimum atomic E-state index is -0.647. The molecular weight excluding hydrogens is 347 g/mol. The van der Waals surface area contributed by atoms with Crippen LogP contribution >= 0.6 is 27.5 Å². The van der Waals surface area contributed by atoms with Crippen LogP contribution in [-0.2, 0) is 0 Å². The summed E-state index contributed by atoms with van der Waals surface area (Å²) >= 11 is 9.08. The zero-order valence-corrected chi connectivity index (χ0v) is 12.7. The largest absolute Gasteiger partial charge is 0.485 e. The lowest BCUT2D eigenvalue weighted by atomic mass is 9.95. The van der Waals surface area contributed by atoms with Crippen molar-refractivity contribution in [3.05, 3.63) is 62.8 Å². The summed E-state index contributed by atoms with van der Waals surface area (Å²) in [7, 11) is 0. The Hall–Kier alpha value is -1.10. The molecule has 2 aromatic rings. The third-order valence-electron chi connectivity index (χ3n) is 3.35. The maximum absolute atomic E-state index is 13.3. The summed E-state index contributed by atoms with van der Waals surface area (Å²) in [4.78, 5) is 0. The molecule has 2 atom stereocenters. The van der Waals surface area contributed by atoms with E-state index in [1.807, 2.05) is 0 Å². The fourth-order valence-electron chi connectivity index (χ4n) is 2.33. The van der Waals surface area contributed by atoms with Crippen molar-refractivity contribution < 1.29 is 14.2 Å². The molecule has 0 aromatic heterocycles. The third-order valence-corrected chi connectivity index (χ3v) is 4.20. The van der Waals surface area contributed by atoms with Crippen molar-refractivity contribution in [1.82, 2.24) is 0 Å². The molecule has 0 saturated heterocycles. The van der Waals surface area contributed by atoms with Crippen LogP contribution in [0.2, 0.25) is 5.02 Å². The molecule has 2 aromatic carbocycles. The summed E-state index contributed by atoms with van der Waals surface area (Å²) in [6, 6.07) is 9.89. The molecule has 104 valence electrons. The Morgan fingerprint density at radius 3 is 2.80 bits per heavy atom. The zero-order chi connectivity index (χ0) is 14.3. The summed E-state index contributed by atoms with van der Waals surface area (Å²) in [6.45, 7) is 0. The van der Waals surface area contributed by atoms with Gasteiger partial charge in [-0.1, -0.05) is 17.7 Å². The lowest BCUT2D eigenvalue weighted by Gasteiger charge is -2.30. The SMILES string of the molecule is O[C@H]1CC(c2ccc(F)c(Br)c2)Oc2ccc(Cl)cc21. The molecule has 1 unspecified atom stereocenters. The van der Waals surface area contributed by atoms with E-state index < -0.39 is 6.10 Å². The fourth-order valence-corrected chi connectivity index (χ4v) is 2.91. The lowest BCUT2D eigenvalue weighted by molar-refractivity contribution is 0.0657. The van der Waals surface area contributed by atoms with Gasteiger partial charge in [-0.2, -0.15) is 0 Å². The molecule has 2 nitrogen and oxygen atoms in total. The number of benzene rings is 2. The second-order valence-corrected chi connectivity index (χ2v) is 6.00. The van der Waals surface area contributed by atoms with Gasteiger partial charge < -0.3 is 9.84 Å². The predicted octanol–water partition coefficient (Wildman–Crippen LogP) is 4.80. The van der Waals surface area contributed by atoms with Crippen LogP contribution in [-0.4, -0.2) is 5.11 Å². The highest BCUT2D eigenvalue weighted by molar-refractivity contribution is 9.10. The van der Waals surface area contributed by atoms with Gasteiger partial charge in [0.25, 0.3) is 0 Å². The van der Waals surface area contributed by atoms with Crippen LogP contribution in [0.25, 0.3) is 0 Å². The second kappa shape index (κ2) is 5.35. The summed E-state index contributed by atoms with van der Waals surface area (Å²) in [5.41, 5.74) is 1.51. The van der Waals surface area contributed by atoms with Gasteiger partial charge in [0, 0.05) is 17.0 Å². The molecular formula is C15H11BrClFO2. The number of rotatable bonds is 1. The van der Waals surface area contributed by atoms with E-state index in [9.17, 15) is 9.50 Å². The first kappa shape index (κ1) is 13.9.